The van der Waals surface area contributed by atoms with Crippen LogP contribution in [-0.2, 0) is 4.79 Å². The first-order valence-electron chi connectivity index (χ1n) is 10.0. The number of benzene rings is 2. The molecular weight excluding hydrogens is 417 g/mol. The van der Waals surface area contributed by atoms with Gasteiger partial charge >= 0.3 is 0 Å². The van der Waals surface area contributed by atoms with Crippen LogP contribution in [0.15, 0.2) is 48.7 Å². The molecule has 0 radical (unpaired) electrons. The number of fused-ring (bicyclic) bond motifs is 1. The average Bonchev–Trinajstić information content (AvgIpc) is 2.74. The van der Waals surface area contributed by atoms with E-state index in [0.717, 1.165) is 17.1 Å². The first kappa shape index (κ1) is 21.1. The third-order valence-corrected chi connectivity index (χ3v) is 5.69. The Morgan fingerprint density at radius 1 is 1.13 bits per heavy atom. The molecule has 8 heteroatoms. The molecule has 0 bridgehead atoms. The van der Waals surface area contributed by atoms with Gasteiger partial charge in [0.2, 0.25) is 11.9 Å². The number of nitrogens with one attached hydrogen (secondary N) is 1. The van der Waals surface area contributed by atoms with E-state index in [1.54, 1.807) is 30.3 Å². The number of carbonyl (C=O) groups is 1. The van der Waals surface area contributed by atoms with E-state index in [2.05, 4.69) is 34.0 Å². The first-order chi connectivity index (χ1) is 14.8. The highest BCUT2D eigenvalue weighted by Crippen LogP contribution is 2.39. The van der Waals surface area contributed by atoms with Crippen LogP contribution in [0.5, 0.6) is 0 Å². The molecule has 1 aromatic heterocycles. The molecule has 6 nitrogen and oxygen atoms in total. The van der Waals surface area contributed by atoms with Crippen LogP contribution in [0, 0.1) is 5.82 Å². The van der Waals surface area contributed by atoms with Crippen LogP contribution in [-0.4, -0.2) is 35.0 Å². The summed E-state index contributed by atoms with van der Waals surface area (Å²) >= 11 is 5.91. The monoisotopic (exact) mass is 439 g/mol. The van der Waals surface area contributed by atoms with Crippen molar-refractivity contribution in [3.8, 4) is 11.3 Å². The Kier molecular flexibility index (Phi) is 5.54. The number of rotatable bonds is 4. The highest BCUT2D eigenvalue weighted by atomic mass is 35.5. The maximum absolute atomic E-state index is 13.5. The van der Waals surface area contributed by atoms with Crippen LogP contribution in [0.4, 0.5) is 27.4 Å². The zero-order valence-electron chi connectivity index (χ0n) is 17.7. The smallest absolute Gasteiger partial charge is 0.249 e. The topological polar surface area (TPSA) is 61.4 Å². The van der Waals surface area contributed by atoms with Gasteiger partial charge in [-0.15, -0.1) is 0 Å². The molecule has 4 rings (SSSR count). The lowest BCUT2D eigenvalue weighted by Crippen LogP contribution is -2.53. The van der Waals surface area contributed by atoms with E-state index in [9.17, 15) is 9.18 Å². The minimum atomic E-state index is -0.473. The summed E-state index contributed by atoms with van der Waals surface area (Å²) in [5, 5.41) is 3.27. The van der Waals surface area contributed by atoms with Gasteiger partial charge in [0.25, 0.3) is 0 Å². The van der Waals surface area contributed by atoms with Crippen molar-refractivity contribution in [1.29, 1.82) is 0 Å². The van der Waals surface area contributed by atoms with Crippen molar-refractivity contribution in [2.24, 2.45) is 0 Å². The van der Waals surface area contributed by atoms with Gasteiger partial charge in [-0.1, -0.05) is 11.6 Å². The zero-order chi connectivity index (χ0) is 22.3. The summed E-state index contributed by atoms with van der Waals surface area (Å²) in [6.45, 7) is 6.06. The first-order valence-corrected chi connectivity index (χ1v) is 10.4. The second-order valence-corrected chi connectivity index (χ2v) is 8.20. The lowest BCUT2D eigenvalue weighted by Gasteiger charge is -2.42. The molecule has 2 aromatic carbocycles. The standard InChI is InChI=1S/C23H23ClFN5O/c1-13(2)30-14(3)22(31)29(4)20-8-6-16(12-21(20)30)27-23-26-10-9-19(28-23)15-5-7-18(25)17(24)11-15/h5-14H,1-4H3,(H,26,27,28)/t14-/m1/s1. The molecule has 0 spiro atoms. The maximum atomic E-state index is 13.5. The van der Waals surface area contributed by atoms with E-state index in [1.165, 1.54) is 12.1 Å². The molecule has 1 aliphatic rings. The van der Waals surface area contributed by atoms with Crippen molar-refractivity contribution in [1.82, 2.24) is 9.97 Å². The van der Waals surface area contributed by atoms with Gasteiger partial charge in [0, 0.05) is 30.5 Å². The SMILES string of the molecule is CC(C)N1c2cc(Nc3nccc(-c4ccc(F)c(Cl)c4)n3)ccc2N(C)C(=O)[C@H]1C. The molecule has 1 atom stereocenters. The van der Waals surface area contributed by atoms with Crippen LogP contribution < -0.4 is 15.1 Å². The normalized spacial score (nSPS) is 16.0. The molecular formula is C23H23ClFN5O. The van der Waals surface area contributed by atoms with Gasteiger partial charge in [-0.2, -0.15) is 0 Å². The Labute approximate surface area is 185 Å². The molecule has 0 saturated carbocycles. The van der Waals surface area contributed by atoms with E-state index in [4.69, 9.17) is 11.6 Å². The molecule has 3 aromatic rings. The van der Waals surface area contributed by atoms with Crippen LogP contribution in [0.1, 0.15) is 20.8 Å². The summed E-state index contributed by atoms with van der Waals surface area (Å²) < 4.78 is 13.5. The summed E-state index contributed by atoms with van der Waals surface area (Å²) in [7, 11) is 1.79. The number of aromatic nitrogens is 2. The largest absolute Gasteiger partial charge is 0.356 e. The van der Waals surface area contributed by atoms with Crippen molar-refractivity contribution >= 4 is 40.5 Å². The van der Waals surface area contributed by atoms with Crippen LogP contribution in [0.25, 0.3) is 11.3 Å². The highest BCUT2D eigenvalue weighted by Gasteiger charge is 2.34. The Bertz CT molecular complexity index is 1150. The van der Waals surface area contributed by atoms with Gasteiger partial charge in [0.1, 0.15) is 11.9 Å². The molecule has 31 heavy (non-hydrogen) atoms. The predicted molar refractivity (Wildman–Crippen MR) is 123 cm³/mol. The molecule has 0 unspecified atom stereocenters. The number of nitrogens with zero attached hydrogens (tertiary/aromatic N) is 4. The Morgan fingerprint density at radius 2 is 1.90 bits per heavy atom. The molecule has 0 saturated heterocycles. The predicted octanol–water partition coefficient (Wildman–Crippen LogP) is 5.26. The number of carbonyl (C=O) groups excluding carboxylic acids is 1. The van der Waals surface area contributed by atoms with E-state index < -0.39 is 5.82 Å². The number of hydrogen-bond acceptors (Lipinski definition) is 5. The molecule has 160 valence electrons. The molecule has 1 aliphatic heterocycles. The molecule has 1 amide bonds. The van der Waals surface area contributed by atoms with Crippen molar-refractivity contribution in [3.05, 3.63) is 59.5 Å². The summed E-state index contributed by atoms with van der Waals surface area (Å²) in [6, 6.07) is 11.9. The molecule has 0 aliphatic carbocycles. The minimum absolute atomic E-state index is 0.0434. The van der Waals surface area contributed by atoms with Crippen LogP contribution in [0.2, 0.25) is 5.02 Å². The van der Waals surface area contributed by atoms with Crippen molar-refractivity contribution in [2.45, 2.75) is 32.9 Å². The van der Waals surface area contributed by atoms with Gasteiger partial charge in [0.05, 0.1) is 22.1 Å². The third-order valence-electron chi connectivity index (χ3n) is 5.40. The fourth-order valence-electron chi connectivity index (χ4n) is 3.91. The fourth-order valence-corrected chi connectivity index (χ4v) is 4.09. The van der Waals surface area contributed by atoms with E-state index >= 15 is 0 Å². The van der Waals surface area contributed by atoms with E-state index in [0.29, 0.717) is 17.2 Å². The Balaban J connectivity index is 1.67. The Morgan fingerprint density at radius 3 is 2.61 bits per heavy atom. The maximum Gasteiger partial charge on any atom is 0.249 e. The summed E-state index contributed by atoms with van der Waals surface area (Å²) in [4.78, 5) is 25.3. The van der Waals surface area contributed by atoms with Crippen molar-refractivity contribution < 1.29 is 9.18 Å². The second kappa shape index (κ2) is 8.15. The lowest BCUT2D eigenvalue weighted by atomic mass is 10.0. The molecule has 2 heterocycles. The average molecular weight is 440 g/mol. The van der Waals surface area contributed by atoms with Crippen LogP contribution >= 0.6 is 11.6 Å². The minimum Gasteiger partial charge on any atom is -0.356 e. The Hall–Kier alpha value is -3.19. The lowest BCUT2D eigenvalue weighted by molar-refractivity contribution is -0.119. The number of likely N-dealkylation sites (N-methyl/N-ethyl adjacent to an activating group) is 1. The number of amides is 1. The number of hydrogen-bond donors (Lipinski definition) is 1. The molecule has 0 fully saturated rings. The third kappa shape index (κ3) is 3.93. The summed E-state index contributed by atoms with van der Waals surface area (Å²) in [6.07, 6.45) is 1.63. The highest BCUT2D eigenvalue weighted by molar-refractivity contribution is 6.31. The van der Waals surface area contributed by atoms with Crippen molar-refractivity contribution in [2.75, 3.05) is 22.2 Å². The quantitative estimate of drug-likeness (QED) is 0.600. The van der Waals surface area contributed by atoms with Crippen LogP contribution in [0.3, 0.4) is 0 Å². The molecule has 1 N–H and O–H groups in total. The summed E-state index contributed by atoms with van der Waals surface area (Å²) in [5.41, 5.74) is 3.95. The van der Waals surface area contributed by atoms with E-state index in [1.807, 2.05) is 25.1 Å². The number of halogens is 2. The van der Waals surface area contributed by atoms with Crippen molar-refractivity contribution in [3.63, 3.8) is 0 Å². The zero-order valence-corrected chi connectivity index (χ0v) is 18.5. The summed E-state index contributed by atoms with van der Waals surface area (Å²) in [5.74, 6) is -0.00236. The van der Waals surface area contributed by atoms with Gasteiger partial charge in [-0.05, 0) is 63.2 Å². The van der Waals surface area contributed by atoms with E-state index in [-0.39, 0.29) is 23.0 Å². The second-order valence-electron chi connectivity index (χ2n) is 7.80. The van der Waals surface area contributed by atoms with Gasteiger partial charge in [-0.3, -0.25) is 4.79 Å². The van der Waals surface area contributed by atoms with Gasteiger partial charge < -0.3 is 15.1 Å². The fraction of sp³-hybridized carbons (Fsp3) is 0.261. The number of anilines is 4. The van der Waals surface area contributed by atoms with Gasteiger partial charge in [0.15, 0.2) is 0 Å². The van der Waals surface area contributed by atoms with Gasteiger partial charge in [-0.25, -0.2) is 14.4 Å².